The van der Waals surface area contributed by atoms with Crippen molar-refractivity contribution in [2.45, 2.75) is 38.3 Å². The zero-order valence-corrected chi connectivity index (χ0v) is 21.3. The first-order chi connectivity index (χ1) is 19.1. The number of carbonyl (C=O) groups excluding carboxylic acids is 2. The van der Waals surface area contributed by atoms with Gasteiger partial charge in [-0.05, 0) is 50.2 Å². The van der Waals surface area contributed by atoms with E-state index in [4.69, 9.17) is 5.73 Å². The van der Waals surface area contributed by atoms with Gasteiger partial charge in [0, 0.05) is 11.4 Å². The van der Waals surface area contributed by atoms with E-state index in [0.717, 1.165) is 36.4 Å². The minimum Gasteiger partial charge on any atom is -0.368 e. The van der Waals surface area contributed by atoms with Crippen LogP contribution in [0.3, 0.4) is 0 Å². The molecule has 6 N–H and O–H groups in total. The second kappa shape index (κ2) is 12.0. The second-order valence-electron chi connectivity index (χ2n) is 8.63. The number of alkyl halides is 6. The van der Waals surface area contributed by atoms with E-state index in [1.165, 1.54) is 26.0 Å². The quantitative estimate of drug-likeness (QED) is 0.237. The van der Waals surface area contributed by atoms with Crippen molar-refractivity contribution in [2.75, 3.05) is 27.0 Å². The Morgan fingerprint density at radius 3 is 1.54 bits per heavy atom. The molecule has 0 saturated heterocycles. The molecule has 2 atom stereocenters. The highest BCUT2D eigenvalue weighted by Gasteiger charge is 2.31. The molecule has 0 aliphatic rings. The Bertz CT molecular complexity index is 1390. The molecule has 216 valence electrons. The minimum absolute atomic E-state index is 0.121. The van der Waals surface area contributed by atoms with Gasteiger partial charge in [0.15, 0.2) is 11.6 Å². The van der Waals surface area contributed by atoms with Crippen molar-refractivity contribution in [3.05, 3.63) is 65.2 Å². The van der Waals surface area contributed by atoms with Crippen LogP contribution in [0, 0.1) is 11.3 Å². The lowest BCUT2D eigenvalue weighted by molar-refractivity contribution is -0.138. The number of carbonyl (C=O) groups is 2. The zero-order chi connectivity index (χ0) is 30.5. The van der Waals surface area contributed by atoms with Crippen molar-refractivity contribution in [1.82, 2.24) is 9.97 Å². The molecule has 3 aromatic rings. The molecule has 1 unspecified atom stereocenters. The van der Waals surface area contributed by atoms with Gasteiger partial charge in [0.05, 0.1) is 11.1 Å². The molecule has 0 radical (unpaired) electrons. The van der Waals surface area contributed by atoms with Crippen molar-refractivity contribution in [3.8, 4) is 6.07 Å². The fourth-order valence-electron chi connectivity index (χ4n) is 3.38. The first-order valence-electron chi connectivity index (χ1n) is 11.7. The molecule has 0 bridgehead atoms. The van der Waals surface area contributed by atoms with Crippen molar-refractivity contribution in [2.24, 2.45) is 0 Å². The number of nitriles is 1. The number of anilines is 5. The van der Waals surface area contributed by atoms with Gasteiger partial charge < -0.3 is 27.0 Å². The van der Waals surface area contributed by atoms with Crippen LogP contribution in [0.2, 0.25) is 0 Å². The van der Waals surface area contributed by atoms with E-state index in [9.17, 15) is 41.2 Å². The third-order valence-electron chi connectivity index (χ3n) is 5.45. The SMILES string of the molecule is CC(Nc1nc(N)nc(N[C@@H](C)C(=O)Nc2cccc(C(F)(F)F)c2)c1C#N)C(=O)Nc1cccc(C(F)(F)F)c1. The average Bonchev–Trinajstić information content (AvgIpc) is 2.87. The highest BCUT2D eigenvalue weighted by Crippen LogP contribution is 2.32. The summed E-state index contributed by atoms with van der Waals surface area (Å²) in [6, 6.07) is 7.49. The number of amides is 2. The van der Waals surface area contributed by atoms with E-state index in [1.807, 2.05) is 6.07 Å². The third-order valence-corrected chi connectivity index (χ3v) is 5.45. The molecule has 0 aliphatic carbocycles. The number of hydrogen-bond acceptors (Lipinski definition) is 8. The minimum atomic E-state index is -4.62. The maximum Gasteiger partial charge on any atom is 0.416 e. The molecule has 10 nitrogen and oxygen atoms in total. The van der Waals surface area contributed by atoms with E-state index in [0.29, 0.717) is 0 Å². The van der Waals surface area contributed by atoms with Crippen molar-refractivity contribution < 1.29 is 35.9 Å². The molecule has 16 heteroatoms. The van der Waals surface area contributed by atoms with E-state index in [1.54, 1.807) is 0 Å². The van der Waals surface area contributed by atoms with Gasteiger partial charge in [0.25, 0.3) is 0 Å². The maximum atomic E-state index is 13.0. The standard InChI is InChI=1S/C25H22F6N8O2/c1-12(21(40)36-16-7-3-5-14(9-16)24(26,27)28)34-19-18(11-32)20(39-23(33)38-19)35-13(2)22(41)37-17-8-4-6-15(10-17)25(29,30)31/h3-10,12-13H,1-2H3,(H,36,40)(H,37,41)(H4,33,34,35,38,39)/t12-,13?/m0/s1. The Labute approximate surface area is 229 Å². The Morgan fingerprint density at radius 2 is 1.20 bits per heavy atom. The normalized spacial score (nSPS) is 13.0. The molecule has 0 fully saturated rings. The molecular weight excluding hydrogens is 558 g/mol. The van der Waals surface area contributed by atoms with Crippen LogP contribution in [0.4, 0.5) is 55.3 Å². The predicted molar refractivity (Wildman–Crippen MR) is 137 cm³/mol. The lowest BCUT2D eigenvalue weighted by Gasteiger charge is -2.19. The second-order valence-corrected chi connectivity index (χ2v) is 8.63. The Balaban J connectivity index is 1.74. The lowest BCUT2D eigenvalue weighted by atomic mass is 10.2. The number of rotatable bonds is 8. The lowest BCUT2D eigenvalue weighted by Crippen LogP contribution is -2.34. The summed E-state index contributed by atoms with van der Waals surface area (Å²) in [7, 11) is 0. The topological polar surface area (TPSA) is 158 Å². The van der Waals surface area contributed by atoms with E-state index < -0.39 is 47.4 Å². The van der Waals surface area contributed by atoms with Gasteiger partial charge in [-0.3, -0.25) is 9.59 Å². The fourth-order valence-corrected chi connectivity index (χ4v) is 3.38. The highest BCUT2D eigenvalue weighted by atomic mass is 19.4. The van der Waals surface area contributed by atoms with Gasteiger partial charge in [-0.25, -0.2) is 0 Å². The van der Waals surface area contributed by atoms with Crippen LogP contribution < -0.4 is 27.0 Å². The molecule has 1 aromatic heterocycles. The van der Waals surface area contributed by atoms with Crippen molar-refractivity contribution in [1.29, 1.82) is 5.26 Å². The van der Waals surface area contributed by atoms with Gasteiger partial charge in [-0.2, -0.15) is 41.6 Å². The maximum absolute atomic E-state index is 13.0. The molecule has 3 rings (SSSR count). The molecule has 0 spiro atoms. The average molecular weight is 580 g/mol. The first-order valence-corrected chi connectivity index (χ1v) is 11.7. The van der Waals surface area contributed by atoms with Crippen LogP contribution in [-0.4, -0.2) is 33.9 Å². The number of benzene rings is 2. The van der Waals surface area contributed by atoms with Crippen LogP contribution in [0.1, 0.15) is 30.5 Å². The number of nitrogens with one attached hydrogen (secondary N) is 4. The van der Waals surface area contributed by atoms with Gasteiger partial charge >= 0.3 is 12.4 Å². The summed E-state index contributed by atoms with van der Waals surface area (Å²) >= 11 is 0. The van der Waals surface area contributed by atoms with Crippen LogP contribution in [0.5, 0.6) is 0 Å². The molecule has 2 amide bonds. The molecule has 0 aliphatic heterocycles. The summed E-state index contributed by atoms with van der Waals surface area (Å²) in [4.78, 5) is 33.0. The number of hydrogen-bond donors (Lipinski definition) is 5. The number of aromatic nitrogens is 2. The third kappa shape index (κ3) is 7.97. The van der Waals surface area contributed by atoms with Crippen LogP contribution in [-0.2, 0) is 21.9 Å². The molecule has 41 heavy (non-hydrogen) atoms. The number of nitrogens with zero attached hydrogens (tertiary/aromatic N) is 3. The van der Waals surface area contributed by atoms with E-state index in [-0.39, 0.29) is 34.5 Å². The smallest absolute Gasteiger partial charge is 0.368 e. The van der Waals surface area contributed by atoms with Crippen LogP contribution in [0.25, 0.3) is 0 Å². The van der Waals surface area contributed by atoms with Crippen LogP contribution >= 0.6 is 0 Å². The van der Waals surface area contributed by atoms with Gasteiger partial charge in [0.2, 0.25) is 17.8 Å². The Morgan fingerprint density at radius 1 is 0.805 bits per heavy atom. The largest absolute Gasteiger partial charge is 0.416 e. The molecule has 1 heterocycles. The number of nitrogens with two attached hydrogens (primary N) is 1. The summed E-state index contributed by atoms with van der Waals surface area (Å²) in [5.41, 5.74) is 3.28. The summed E-state index contributed by atoms with van der Waals surface area (Å²) in [6.45, 7) is 2.70. The van der Waals surface area contributed by atoms with Gasteiger partial charge in [-0.15, -0.1) is 0 Å². The first kappa shape index (κ1) is 30.5. The monoisotopic (exact) mass is 580 g/mol. The molecule has 0 saturated carbocycles. The van der Waals surface area contributed by atoms with Crippen LogP contribution in [0.15, 0.2) is 48.5 Å². The highest BCUT2D eigenvalue weighted by molar-refractivity contribution is 5.97. The summed E-state index contributed by atoms with van der Waals surface area (Å²) in [6.07, 6.45) is -9.23. The summed E-state index contributed by atoms with van der Waals surface area (Å²) in [5, 5.41) is 19.6. The van der Waals surface area contributed by atoms with E-state index >= 15 is 0 Å². The zero-order valence-electron chi connectivity index (χ0n) is 21.3. The predicted octanol–water partition coefficient (Wildman–Crippen LogP) is 4.85. The van der Waals surface area contributed by atoms with Crippen molar-refractivity contribution >= 4 is 40.8 Å². The van der Waals surface area contributed by atoms with Crippen molar-refractivity contribution in [3.63, 3.8) is 0 Å². The fraction of sp³-hybridized carbons (Fsp3) is 0.240. The number of nitrogen functional groups attached to an aromatic ring is 1. The molecular formula is C25H22F6N8O2. The van der Waals surface area contributed by atoms with Gasteiger partial charge in [-0.1, -0.05) is 12.1 Å². The van der Waals surface area contributed by atoms with E-state index in [2.05, 4.69) is 31.2 Å². The number of halogens is 6. The van der Waals surface area contributed by atoms with Gasteiger partial charge in [0.1, 0.15) is 23.7 Å². The summed E-state index contributed by atoms with van der Waals surface area (Å²) in [5.74, 6) is -2.35. The Kier molecular flexibility index (Phi) is 8.91. The Hall–Kier alpha value is -5.07. The molecule has 2 aromatic carbocycles. The summed E-state index contributed by atoms with van der Waals surface area (Å²) < 4.78 is 77.8.